The first-order valence-corrected chi connectivity index (χ1v) is 15.5. The van der Waals surface area contributed by atoms with Crippen LogP contribution in [-0.2, 0) is 25.7 Å². The lowest BCUT2D eigenvalue weighted by Crippen LogP contribution is -2.56. The highest BCUT2D eigenvalue weighted by atomic mass is 32.1. The number of amides is 3. The summed E-state index contributed by atoms with van der Waals surface area (Å²) in [6.07, 6.45) is 8.36. The molecule has 1 spiro atoms. The van der Waals surface area contributed by atoms with Gasteiger partial charge in [0.2, 0.25) is 17.7 Å². The third kappa shape index (κ3) is 4.80. The highest BCUT2D eigenvalue weighted by Crippen LogP contribution is 2.55. The number of likely N-dealkylation sites (tertiary alicyclic amines) is 1. The summed E-state index contributed by atoms with van der Waals surface area (Å²) in [7, 11) is 0. The van der Waals surface area contributed by atoms with E-state index in [0.717, 1.165) is 36.3 Å². The molecular weight excluding hydrogens is 550 g/mol. The van der Waals surface area contributed by atoms with Crippen molar-refractivity contribution >= 4 is 34.7 Å². The van der Waals surface area contributed by atoms with Crippen LogP contribution in [0.3, 0.4) is 0 Å². The summed E-state index contributed by atoms with van der Waals surface area (Å²) >= 11 is 1.54. The van der Waals surface area contributed by atoms with Crippen molar-refractivity contribution in [3.05, 3.63) is 89.1 Å². The number of fused-ring (bicyclic) bond motifs is 1. The van der Waals surface area contributed by atoms with Crippen molar-refractivity contribution in [2.75, 3.05) is 5.32 Å². The van der Waals surface area contributed by atoms with E-state index in [2.05, 4.69) is 10.6 Å². The molecule has 42 heavy (non-hydrogen) atoms. The molecule has 0 unspecified atom stereocenters. The third-order valence-corrected chi connectivity index (χ3v) is 9.74. The molecular formula is C33H33N3O5S. The number of rotatable bonds is 8. The highest BCUT2D eigenvalue weighted by Gasteiger charge is 2.72. The average molecular weight is 584 g/mol. The summed E-state index contributed by atoms with van der Waals surface area (Å²) in [5, 5.41) is 8.17. The Morgan fingerprint density at radius 1 is 0.952 bits per heavy atom. The highest BCUT2D eigenvalue weighted by molar-refractivity contribution is 7.09. The fourth-order valence-electron chi connectivity index (χ4n) is 6.99. The molecule has 3 aliphatic heterocycles. The van der Waals surface area contributed by atoms with E-state index in [1.807, 2.05) is 60.0 Å². The van der Waals surface area contributed by atoms with Crippen molar-refractivity contribution in [3.8, 4) is 11.5 Å². The summed E-state index contributed by atoms with van der Waals surface area (Å²) < 4.78 is 12.3. The standard InChI is InChI=1S/C33H33N3O5S/c37-30(34-22-13-15-24(16-14-22)40-23-10-5-2-6-11-23)27-26-17-18-33(41-26)28(27)32(39)36(20-25-12-7-19-42-25)29(33)31(38)35-21-8-3-1-4-9-21/h2,5-7,10-19,21,26-29H,1,3-4,8-9,20H2,(H,34,37)(H,35,38)/t26-,27-,28-,29+,33-/m1/s1. The Labute approximate surface area is 248 Å². The summed E-state index contributed by atoms with van der Waals surface area (Å²) in [4.78, 5) is 44.4. The minimum Gasteiger partial charge on any atom is -0.457 e. The van der Waals surface area contributed by atoms with Gasteiger partial charge in [0.05, 0.1) is 24.5 Å². The SMILES string of the molecule is O=C(Nc1ccc(Oc2ccccc2)cc1)[C@@H]1[C@H]2C=C[C@]3(O2)[C@H](C(=O)NC2CCCCC2)N(Cc2cccs2)C(=O)[C@@H]13. The molecule has 2 aromatic carbocycles. The van der Waals surface area contributed by atoms with Crippen LogP contribution < -0.4 is 15.4 Å². The number of nitrogens with one attached hydrogen (secondary N) is 2. The van der Waals surface area contributed by atoms with Crippen molar-refractivity contribution in [2.45, 2.75) is 62.4 Å². The van der Waals surface area contributed by atoms with Crippen molar-refractivity contribution in [1.29, 1.82) is 0 Å². The van der Waals surface area contributed by atoms with Crippen molar-refractivity contribution in [1.82, 2.24) is 10.2 Å². The van der Waals surface area contributed by atoms with E-state index in [9.17, 15) is 14.4 Å². The van der Waals surface area contributed by atoms with Crippen LogP contribution in [0.2, 0.25) is 0 Å². The van der Waals surface area contributed by atoms with Crippen LogP contribution in [0.4, 0.5) is 5.69 Å². The van der Waals surface area contributed by atoms with Crippen LogP contribution in [-0.4, -0.2) is 46.4 Å². The quantitative estimate of drug-likeness (QED) is 0.352. The lowest BCUT2D eigenvalue weighted by atomic mass is 9.74. The fraction of sp³-hybridized carbons (Fsp3) is 0.364. The van der Waals surface area contributed by atoms with Crippen LogP contribution in [0.25, 0.3) is 0 Å². The van der Waals surface area contributed by atoms with Crippen molar-refractivity contribution < 1.29 is 23.9 Å². The van der Waals surface area contributed by atoms with Gasteiger partial charge in [0.15, 0.2) is 0 Å². The number of para-hydroxylation sites is 1. The Bertz CT molecular complexity index is 1490. The molecule has 5 atom stereocenters. The van der Waals surface area contributed by atoms with E-state index in [0.29, 0.717) is 18.0 Å². The molecule has 2 saturated heterocycles. The molecule has 0 radical (unpaired) electrons. The van der Waals surface area contributed by atoms with Gasteiger partial charge in [-0.2, -0.15) is 0 Å². The molecule has 1 saturated carbocycles. The molecule has 8 nitrogen and oxygen atoms in total. The van der Waals surface area contributed by atoms with E-state index < -0.39 is 29.6 Å². The Kier molecular flexibility index (Phi) is 7.07. The minimum absolute atomic E-state index is 0.0934. The van der Waals surface area contributed by atoms with Gasteiger partial charge in [-0.3, -0.25) is 14.4 Å². The summed E-state index contributed by atoms with van der Waals surface area (Å²) in [6, 6.07) is 19.7. The molecule has 1 aliphatic carbocycles. The zero-order valence-electron chi connectivity index (χ0n) is 23.1. The molecule has 3 amide bonds. The van der Waals surface area contributed by atoms with Gasteiger partial charge in [0.1, 0.15) is 23.1 Å². The number of carbonyl (C=O) groups is 3. The Balaban J connectivity index is 1.12. The lowest BCUT2D eigenvalue weighted by Gasteiger charge is -2.34. The number of carbonyl (C=O) groups excluding carboxylic acids is 3. The Morgan fingerprint density at radius 3 is 2.45 bits per heavy atom. The van der Waals surface area contributed by atoms with E-state index in [-0.39, 0.29) is 23.8 Å². The first-order chi connectivity index (χ1) is 20.5. The maximum atomic E-state index is 14.1. The topological polar surface area (TPSA) is 97.0 Å². The molecule has 9 heteroatoms. The molecule has 7 rings (SSSR count). The van der Waals surface area contributed by atoms with E-state index >= 15 is 0 Å². The summed E-state index contributed by atoms with van der Waals surface area (Å²) in [5.74, 6) is -0.881. The van der Waals surface area contributed by atoms with Gasteiger partial charge in [-0.1, -0.05) is 55.7 Å². The number of nitrogens with zero attached hydrogens (tertiary/aromatic N) is 1. The Hall–Kier alpha value is -3.95. The molecule has 2 N–H and O–H groups in total. The number of anilines is 1. The third-order valence-electron chi connectivity index (χ3n) is 8.88. The van der Waals surface area contributed by atoms with Gasteiger partial charge in [-0.25, -0.2) is 0 Å². The lowest BCUT2D eigenvalue weighted by molar-refractivity contribution is -0.142. The van der Waals surface area contributed by atoms with Gasteiger partial charge >= 0.3 is 0 Å². The van der Waals surface area contributed by atoms with E-state index in [1.165, 1.54) is 6.42 Å². The summed E-state index contributed by atoms with van der Waals surface area (Å²) in [5.41, 5.74) is -0.582. The van der Waals surface area contributed by atoms with Crippen LogP contribution in [0.5, 0.6) is 11.5 Å². The largest absolute Gasteiger partial charge is 0.457 e. The minimum atomic E-state index is -1.17. The summed E-state index contributed by atoms with van der Waals surface area (Å²) in [6.45, 7) is 0.302. The Morgan fingerprint density at radius 2 is 1.71 bits per heavy atom. The first kappa shape index (κ1) is 26.9. The predicted octanol–water partition coefficient (Wildman–Crippen LogP) is 5.28. The molecule has 2 bridgehead atoms. The number of hydrogen-bond donors (Lipinski definition) is 2. The zero-order chi connectivity index (χ0) is 28.7. The molecule has 4 heterocycles. The molecule has 3 fully saturated rings. The predicted molar refractivity (Wildman–Crippen MR) is 159 cm³/mol. The fourth-order valence-corrected chi connectivity index (χ4v) is 7.69. The average Bonchev–Trinajstić information content (AvgIpc) is 3.78. The van der Waals surface area contributed by atoms with Crippen LogP contribution in [0.15, 0.2) is 84.3 Å². The van der Waals surface area contributed by atoms with Crippen molar-refractivity contribution in [2.24, 2.45) is 11.8 Å². The first-order valence-electron chi connectivity index (χ1n) is 14.7. The second-order valence-corrected chi connectivity index (χ2v) is 12.6. The number of hydrogen-bond acceptors (Lipinski definition) is 6. The molecule has 3 aromatic rings. The van der Waals surface area contributed by atoms with E-state index in [1.54, 1.807) is 40.5 Å². The second kappa shape index (κ2) is 11.0. The second-order valence-electron chi connectivity index (χ2n) is 11.5. The number of ether oxygens (including phenoxy) is 2. The van der Waals surface area contributed by atoms with Crippen LogP contribution >= 0.6 is 11.3 Å². The maximum Gasteiger partial charge on any atom is 0.246 e. The van der Waals surface area contributed by atoms with Crippen LogP contribution in [0.1, 0.15) is 37.0 Å². The monoisotopic (exact) mass is 583 g/mol. The van der Waals surface area contributed by atoms with Gasteiger partial charge in [-0.05, 0) is 60.7 Å². The smallest absolute Gasteiger partial charge is 0.246 e. The number of thiophene rings is 1. The van der Waals surface area contributed by atoms with Gasteiger partial charge in [-0.15, -0.1) is 11.3 Å². The number of benzene rings is 2. The normalized spacial score (nSPS) is 28.1. The van der Waals surface area contributed by atoms with Gasteiger partial charge in [0, 0.05) is 16.6 Å². The molecule has 1 aromatic heterocycles. The van der Waals surface area contributed by atoms with Gasteiger partial charge < -0.3 is 25.0 Å². The van der Waals surface area contributed by atoms with Gasteiger partial charge in [0.25, 0.3) is 0 Å². The molecule has 216 valence electrons. The van der Waals surface area contributed by atoms with E-state index in [4.69, 9.17) is 9.47 Å². The zero-order valence-corrected chi connectivity index (χ0v) is 23.9. The maximum absolute atomic E-state index is 14.1. The molecule has 4 aliphatic rings. The van der Waals surface area contributed by atoms with Crippen LogP contribution in [0, 0.1) is 11.8 Å². The van der Waals surface area contributed by atoms with Crippen molar-refractivity contribution in [3.63, 3.8) is 0 Å².